The van der Waals surface area contributed by atoms with Crippen LogP contribution in [-0.2, 0) is 14.1 Å². The molecule has 14 heavy (non-hydrogen) atoms. The van der Waals surface area contributed by atoms with Crippen molar-refractivity contribution in [3.63, 3.8) is 0 Å². The fourth-order valence-corrected chi connectivity index (χ4v) is 1.38. The van der Waals surface area contributed by atoms with Crippen LogP contribution in [0.15, 0.2) is 24.5 Å². The molecule has 0 radical (unpaired) electrons. The quantitative estimate of drug-likeness (QED) is 0.741. The van der Waals surface area contributed by atoms with Crippen LogP contribution in [0.1, 0.15) is 17.5 Å². The van der Waals surface area contributed by atoms with Gasteiger partial charge in [0.15, 0.2) is 0 Å². The molecule has 1 unspecified atom stereocenters. The molecule has 2 rings (SSSR count). The number of rotatable bonds is 2. The Balaban J connectivity index is 2.33. The second-order valence-electron chi connectivity index (χ2n) is 3.20. The van der Waals surface area contributed by atoms with Crippen LogP contribution in [0.25, 0.3) is 0 Å². The second kappa shape index (κ2) is 3.26. The molecule has 1 atom stereocenters. The maximum atomic E-state index is 9.94. The highest BCUT2D eigenvalue weighted by Gasteiger charge is 2.15. The molecule has 74 valence electrons. The Morgan fingerprint density at radius 2 is 2.14 bits per heavy atom. The van der Waals surface area contributed by atoms with Crippen LogP contribution in [-0.4, -0.2) is 24.7 Å². The zero-order valence-electron chi connectivity index (χ0n) is 8.12. The normalized spacial score (nSPS) is 13.1. The largest absolute Gasteiger partial charge is 0.380 e. The molecule has 1 N–H and O–H groups in total. The summed E-state index contributed by atoms with van der Waals surface area (Å²) >= 11 is 0. The van der Waals surface area contributed by atoms with E-state index in [0.29, 0.717) is 5.69 Å². The van der Waals surface area contributed by atoms with E-state index < -0.39 is 6.10 Å². The molecular weight excluding hydrogens is 180 g/mol. The Morgan fingerprint density at radius 3 is 2.64 bits per heavy atom. The Bertz CT molecular complexity index is 431. The first-order valence-corrected chi connectivity index (χ1v) is 4.34. The van der Waals surface area contributed by atoms with E-state index in [1.54, 1.807) is 40.9 Å². The van der Waals surface area contributed by atoms with Gasteiger partial charge in [0.2, 0.25) is 0 Å². The summed E-state index contributed by atoms with van der Waals surface area (Å²) in [7, 11) is 3.61. The van der Waals surface area contributed by atoms with Crippen LogP contribution in [0.4, 0.5) is 0 Å². The Hall–Kier alpha value is -1.62. The van der Waals surface area contributed by atoms with Crippen molar-refractivity contribution in [3.8, 4) is 0 Å². The molecule has 0 aromatic carbocycles. The van der Waals surface area contributed by atoms with Gasteiger partial charge in [0, 0.05) is 26.5 Å². The van der Waals surface area contributed by atoms with E-state index in [2.05, 4.69) is 10.2 Å². The van der Waals surface area contributed by atoms with Gasteiger partial charge in [0.05, 0.1) is 11.4 Å². The third-order valence-corrected chi connectivity index (χ3v) is 2.15. The van der Waals surface area contributed by atoms with Crippen LogP contribution >= 0.6 is 0 Å². The van der Waals surface area contributed by atoms with Crippen molar-refractivity contribution < 1.29 is 5.11 Å². The van der Waals surface area contributed by atoms with E-state index >= 15 is 0 Å². The van der Waals surface area contributed by atoms with Gasteiger partial charge in [-0.25, -0.2) is 0 Å². The number of aliphatic hydroxyl groups is 1. The Kier molecular flexibility index (Phi) is 2.09. The summed E-state index contributed by atoms with van der Waals surface area (Å²) in [6.07, 6.45) is 2.75. The average Bonchev–Trinajstić information content (AvgIpc) is 2.73. The minimum absolute atomic E-state index is 0.635. The molecule has 2 aromatic heterocycles. The first kappa shape index (κ1) is 8.96. The number of hydrogen-bond donors (Lipinski definition) is 1. The lowest BCUT2D eigenvalue weighted by Crippen LogP contribution is -2.07. The molecule has 2 aromatic rings. The van der Waals surface area contributed by atoms with Crippen molar-refractivity contribution in [1.29, 1.82) is 0 Å². The fourth-order valence-electron chi connectivity index (χ4n) is 1.38. The molecule has 0 spiro atoms. The molecule has 5 nitrogen and oxygen atoms in total. The highest BCUT2D eigenvalue weighted by Crippen LogP contribution is 2.18. The third kappa shape index (κ3) is 1.42. The first-order valence-electron chi connectivity index (χ1n) is 4.34. The van der Waals surface area contributed by atoms with Crippen LogP contribution in [0.3, 0.4) is 0 Å². The van der Waals surface area contributed by atoms with Crippen molar-refractivity contribution in [2.24, 2.45) is 14.1 Å². The Morgan fingerprint density at radius 1 is 1.36 bits per heavy atom. The predicted octanol–water partition coefficient (Wildman–Crippen LogP) is 0.235. The molecule has 0 saturated carbocycles. The number of hydrogen-bond acceptors (Lipinski definition) is 3. The van der Waals surface area contributed by atoms with Crippen molar-refractivity contribution in [3.05, 3.63) is 35.9 Å². The van der Waals surface area contributed by atoms with E-state index in [1.165, 1.54) is 0 Å². The zero-order valence-corrected chi connectivity index (χ0v) is 8.12. The smallest absolute Gasteiger partial charge is 0.139 e. The van der Waals surface area contributed by atoms with E-state index in [0.717, 1.165) is 5.69 Å². The molecule has 0 aliphatic carbocycles. The highest BCUT2D eigenvalue weighted by atomic mass is 16.3. The van der Waals surface area contributed by atoms with Crippen molar-refractivity contribution in [1.82, 2.24) is 19.6 Å². The molecule has 0 saturated heterocycles. The minimum Gasteiger partial charge on any atom is -0.380 e. The van der Waals surface area contributed by atoms with Crippen LogP contribution in [0.2, 0.25) is 0 Å². The van der Waals surface area contributed by atoms with Gasteiger partial charge in [-0.05, 0) is 12.1 Å². The number of aryl methyl sites for hydroxylation is 2. The van der Waals surface area contributed by atoms with E-state index in [-0.39, 0.29) is 0 Å². The minimum atomic E-state index is -0.705. The predicted molar refractivity (Wildman–Crippen MR) is 50.5 cm³/mol. The summed E-state index contributed by atoms with van der Waals surface area (Å²) < 4.78 is 3.30. The van der Waals surface area contributed by atoms with Gasteiger partial charge in [-0.15, -0.1) is 0 Å². The molecule has 0 amide bonds. The highest BCUT2D eigenvalue weighted by molar-refractivity contribution is 5.17. The van der Waals surface area contributed by atoms with Gasteiger partial charge in [-0.3, -0.25) is 9.36 Å². The van der Waals surface area contributed by atoms with Crippen LogP contribution in [0, 0.1) is 0 Å². The third-order valence-electron chi connectivity index (χ3n) is 2.15. The van der Waals surface area contributed by atoms with Gasteiger partial charge in [-0.2, -0.15) is 10.2 Å². The first-order chi connectivity index (χ1) is 6.68. The summed E-state index contributed by atoms with van der Waals surface area (Å²) in [5.41, 5.74) is 1.37. The number of aliphatic hydroxyl groups excluding tert-OH is 1. The zero-order chi connectivity index (χ0) is 10.1. The summed E-state index contributed by atoms with van der Waals surface area (Å²) in [4.78, 5) is 0. The van der Waals surface area contributed by atoms with Gasteiger partial charge >= 0.3 is 0 Å². The SMILES string of the molecule is Cn1ccc(C(O)c2ccnn2C)n1. The lowest BCUT2D eigenvalue weighted by molar-refractivity contribution is 0.204. The topological polar surface area (TPSA) is 55.9 Å². The van der Waals surface area contributed by atoms with Crippen LogP contribution < -0.4 is 0 Å². The van der Waals surface area contributed by atoms with Crippen molar-refractivity contribution in [2.45, 2.75) is 6.10 Å². The molecule has 5 heteroatoms. The molecular formula is C9H12N4O. The van der Waals surface area contributed by atoms with E-state index in [9.17, 15) is 5.11 Å². The second-order valence-corrected chi connectivity index (χ2v) is 3.20. The van der Waals surface area contributed by atoms with Crippen molar-refractivity contribution >= 4 is 0 Å². The van der Waals surface area contributed by atoms with E-state index in [4.69, 9.17) is 0 Å². The summed E-state index contributed by atoms with van der Waals surface area (Å²) in [6.45, 7) is 0. The molecule has 0 aliphatic rings. The van der Waals surface area contributed by atoms with Crippen LogP contribution in [0.5, 0.6) is 0 Å². The fraction of sp³-hybridized carbons (Fsp3) is 0.333. The maximum Gasteiger partial charge on any atom is 0.139 e. The molecule has 2 heterocycles. The molecule has 0 bridgehead atoms. The maximum absolute atomic E-state index is 9.94. The molecule has 0 fully saturated rings. The van der Waals surface area contributed by atoms with Crippen molar-refractivity contribution in [2.75, 3.05) is 0 Å². The summed E-state index contributed by atoms with van der Waals surface area (Å²) in [6, 6.07) is 3.57. The van der Waals surface area contributed by atoms with Gasteiger partial charge < -0.3 is 5.11 Å². The van der Waals surface area contributed by atoms with Gasteiger partial charge in [0.1, 0.15) is 6.10 Å². The number of aromatic nitrogens is 4. The Labute approximate surface area is 81.6 Å². The van der Waals surface area contributed by atoms with Gasteiger partial charge in [-0.1, -0.05) is 0 Å². The monoisotopic (exact) mass is 192 g/mol. The lowest BCUT2D eigenvalue weighted by Gasteiger charge is -2.07. The summed E-state index contributed by atoms with van der Waals surface area (Å²) in [5, 5.41) is 18.1. The average molecular weight is 192 g/mol. The van der Waals surface area contributed by atoms with E-state index in [1.807, 2.05) is 7.05 Å². The number of nitrogens with zero attached hydrogens (tertiary/aromatic N) is 4. The summed E-state index contributed by atoms with van der Waals surface area (Å²) in [5.74, 6) is 0. The van der Waals surface area contributed by atoms with Gasteiger partial charge in [0.25, 0.3) is 0 Å². The molecule has 0 aliphatic heterocycles. The lowest BCUT2D eigenvalue weighted by atomic mass is 10.2. The standard InChI is InChI=1S/C9H12N4O/c1-12-6-4-7(11-12)9(14)8-3-5-10-13(8)2/h3-6,9,14H,1-2H3.